The average Bonchev–Trinajstić information content (AvgIpc) is 3.66. The second-order valence-electron chi connectivity index (χ2n) is 12.8. The number of hydrogen-bond donors (Lipinski definition) is 1. The highest BCUT2D eigenvalue weighted by molar-refractivity contribution is 6.33. The Kier molecular flexibility index (Phi) is 6.32. The summed E-state index contributed by atoms with van der Waals surface area (Å²) in [5.41, 5.74) is 7.53. The third-order valence-electron chi connectivity index (χ3n) is 9.34. The Hall–Kier alpha value is -3.17. The largest absolute Gasteiger partial charge is 0.381 e. The summed E-state index contributed by atoms with van der Waals surface area (Å²) in [6.07, 6.45) is 4.33. The number of halogens is 1. The quantitative estimate of drug-likeness (QED) is 0.326. The number of benzene rings is 1. The Bertz CT molecular complexity index is 1650. The van der Waals surface area contributed by atoms with Crippen LogP contribution in [-0.2, 0) is 24.8 Å². The number of nitrogens with one attached hydrogen (secondary N) is 1. The number of aryl methyl sites for hydroxylation is 3. The lowest BCUT2D eigenvalue weighted by Gasteiger charge is -2.45. The maximum Gasteiger partial charge on any atom is 0.162 e. The van der Waals surface area contributed by atoms with Crippen molar-refractivity contribution in [1.82, 2.24) is 29.9 Å². The van der Waals surface area contributed by atoms with Crippen molar-refractivity contribution in [3.8, 4) is 11.4 Å². The first kappa shape index (κ1) is 26.7. The van der Waals surface area contributed by atoms with E-state index in [1.807, 2.05) is 18.8 Å². The number of rotatable bonds is 5. The first-order valence-corrected chi connectivity index (χ1v) is 15.1. The standard InChI is InChI=1S/C31H39ClN8O/c1-17-7-10-22-25(18(2)35-36-22)24(17)28-33-21-11-13-39(30-26(32)27(19-8-9-19)37-38(30)5)15-20(21)29(34-28)40-14-12-23(41-6)31(3,4)16-40/h7,10,19,23H,8-9,11-16H2,1-6H3,(H,35,36). The predicted octanol–water partition coefficient (Wildman–Crippen LogP) is 5.72. The van der Waals surface area contributed by atoms with E-state index in [4.69, 9.17) is 31.4 Å². The fraction of sp³-hybridized carbons (Fsp3) is 0.548. The van der Waals surface area contributed by atoms with E-state index in [9.17, 15) is 0 Å². The third kappa shape index (κ3) is 4.39. The van der Waals surface area contributed by atoms with E-state index in [0.29, 0.717) is 12.5 Å². The molecule has 3 aromatic heterocycles. The first-order chi connectivity index (χ1) is 19.7. The number of piperidine rings is 1. The van der Waals surface area contributed by atoms with Crippen molar-refractivity contribution < 1.29 is 4.74 Å². The Morgan fingerprint density at radius 1 is 1.07 bits per heavy atom. The van der Waals surface area contributed by atoms with Gasteiger partial charge in [0.25, 0.3) is 0 Å². The van der Waals surface area contributed by atoms with Crippen molar-refractivity contribution in [2.24, 2.45) is 12.5 Å². The fourth-order valence-electron chi connectivity index (χ4n) is 7.03. The summed E-state index contributed by atoms with van der Waals surface area (Å²) in [5.74, 6) is 3.31. The van der Waals surface area contributed by atoms with E-state index in [2.05, 4.69) is 59.8 Å². The molecule has 41 heavy (non-hydrogen) atoms. The fourth-order valence-corrected chi connectivity index (χ4v) is 7.47. The number of ether oxygens (including phenoxy) is 1. The van der Waals surface area contributed by atoms with Crippen LogP contribution in [0.2, 0.25) is 5.02 Å². The van der Waals surface area contributed by atoms with Gasteiger partial charge in [-0.15, -0.1) is 0 Å². The molecular weight excluding hydrogens is 536 g/mol. The number of H-pyrrole nitrogens is 1. The first-order valence-electron chi connectivity index (χ1n) is 14.8. The Labute approximate surface area is 246 Å². The molecule has 0 radical (unpaired) electrons. The topological polar surface area (TPSA) is 88.0 Å². The third-order valence-corrected chi connectivity index (χ3v) is 9.70. The summed E-state index contributed by atoms with van der Waals surface area (Å²) in [6.45, 7) is 12.1. The van der Waals surface area contributed by atoms with Crippen molar-refractivity contribution in [1.29, 1.82) is 0 Å². The normalized spacial score (nSPS) is 20.6. The van der Waals surface area contributed by atoms with E-state index in [0.717, 1.165) is 94.1 Å². The lowest BCUT2D eigenvalue weighted by molar-refractivity contribution is -0.00647. The van der Waals surface area contributed by atoms with Crippen LogP contribution in [0.5, 0.6) is 0 Å². The lowest BCUT2D eigenvalue weighted by atomic mass is 9.81. The van der Waals surface area contributed by atoms with Crippen LogP contribution in [0.1, 0.15) is 67.2 Å². The SMILES string of the molecule is COC1CCN(c2nc(-c3c(C)ccc4n[nH]c(C)c34)nc3c2CN(c2c(Cl)c(C4CC4)nn2C)CC3)CC1(C)C. The molecule has 7 rings (SSSR count). The van der Waals surface area contributed by atoms with Crippen LogP contribution in [0.4, 0.5) is 11.6 Å². The number of nitrogens with zero attached hydrogens (tertiary/aromatic N) is 7. The van der Waals surface area contributed by atoms with Crippen molar-refractivity contribution in [2.45, 2.75) is 71.9 Å². The smallest absolute Gasteiger partial charge is 0.162 e. The van der Waals surface area contributed by atoms with Gasteiger partial charge in [0.1, 0.15) is 16.7 Å². The molecule has 0 amide bonds. The maximum atomic E-state index is 6.98. The molecule has 5 heterocycles. The van der Waals surface area contributed by atoms with Gasteiger partial charge in [-0.05, 0) is 44.7 Å². The van der Waals surface area contributed by atoms with Gasteiger partial charge >= 0.3 is 0 Å². The average molecular weight is 575 g/mol. The Morgan fingerprint density at radius 2 is 1.88 bits per heavy atom. The van der Waals surface area contributed by atoms with Crippen LogP contribution in [0.15, 0.2) is 12.1 Å². The molecule has 0 bridgehead atoms. The Morgan fingerprint density at radius 3 is 2.61 bits per heavy atom. The number of methoxy groups -OCH3 is 1. The number of aromatic nitrogens is 6. The van der Waals surface area contributed by atoms with Gasteiger partial charge in [0.15, 0.2) is 5.82 Å². The minimum absolute atomic E-state index is 0.0130. The summed E-state index contributed by atoms with van der Waals surface area (Å²) in [5, 5.41) is 14.4. The molecule has 2 fully saturated rings. The molecule has 3 aliphatic rings. The minimum atomic E-state index is -0.0130. The molecule has 216 valence electrons. The second-order valence-corrected chi connectivity index (χ2v) is 13.2. The van der Waals surface area contributed by atoms with Gasteiger partial charge in [0, 0.05) is 80.3 Å². The molecule has 9 nitrogen and oxygen atoms in total. The van der Waals surface area contributed by atoms with Crippen LogP contribution in [0, 0.1) is 19.3 Å². The molecule has 1 aliphatic carbocycles. The molecule has 1 aromatic carbocycles. The number of hydrogen-bond acceptors (Lipinski definition) is 7. The van der Waals surface area contributed by atoms with E-state index >= 15 is 0 Å². The van der Waals surface area contributed by atoms with E-state index in [1.54, 1.807) is 0 Å². The summed E-state index contributed by atoms with van der Waals surface area (Å²) in [4.78, 5) is 15.5. The highest BCUT2D eigenvalue weighted by Gasteiger charge is 2.39. The number of fused-ring (bicyclic) bond motifs is 2. The molecule has 10 heteroatoms. The highest BCUT2D eigenvalue weighted by atomic mass is 35.5. The highest BCUT2D eigenvalue weighted by Crippen LogP contribution is 2.46. The van der Waals surface area contributed by atoms with E-state index < -0.39 is 0 Å². The zero-order valence-corrected chi connectivity index (χ0v) is 25.6. The zero-order chi connectivity index (χ0) is 28.6. The molecule has 2 aliphatic heterocycles. The second kappa shape index (κ2) is 9.70. The molecule has 0 spiro atoms. The molecular formula is C31H39ClN8O. The van der Waals surface area contributed by atoms with Crippen LogP contribution in [-0.4, -0.2) is 62.8 Å². The number of anilines is 2. The van der Waals surface area contributed by atoms with Gasteiger partial charge in [-0.1, -0.05) is 31.5 Å². The summed E-state index contributed by atoms with van der Waals surface area (Å²) >= 11 is 6.98. The van der Waals surface area contributed by atoms with Gasteiger partial charge in [-0.2, -0.15) is 10.2 Å². The van der Waals surface area contributed by atoms with Crippen LogP contribution >= 0.6 is 11.6 Å². The summed E-state index contributed by atoms with van der Waals surface area (Å²) in [6, 6.07) is 4.19. The van der Waals surface area contributed by atoms with Gasteiger partial charge in [-0.25, -0.2) is 9.97 Å². The van der Waals surface area contributed by atoms with E-state index in [1.165, 1.54) is 18.4 Å². The lowest BCUT2D eigenvalue weighted by Crippen LogP contribution is -2.50. The zero-order valence-electron chi connectivity index (χ0n) is 24.9. The molecule has 1 saturated carbocycles. The van der Waals surface area contributed by atoms with Gasteiger partial charge in [0.05, 0.1) is 23.0 Å². The van der Waals surface area contributed by atoms with Gasteiger partial charge in [-0.3, -0.25) is 9.78 Å². The molecule has 4 aromatic rings. The van der Waals surface area contributed by atoms with Crippen LogP contribution < -0.4 is 9.80 Å². The van der Waals surface area contributed by atoms with Crippen LogP contribution in [0.3, 0.4) is 0 Å². The number of aromatic amines is 1. The van der Waals surface area contributed by atoms with Gasteiger partial charge < -0.3 is 14.5 Å². The molecule has 1 unspecified atom stereocenters. The molecule has 1 N–H and O–H groups in total. The summed E-state index contributed by atoms with van der Waals surface area (Å²) in [7, 11) is 3.84. The Balaban J connectivity index is 1.36. The van der Waals surface area contributed by atoms with Crippen molar-refractivity contribution in [3.63, 3.8) is 0 Å². The molecule has 1 atom stereocenters. The van der Waals surface area contributed by atoms with Crippen molar-refractivity contribution >= 4 is 34.1 Å². The van der Waals surface area contributed by atoms with E-state index in [-0.39, 0.29) is 11.5 Å². The predicted molar refractivity (Wildman–Crippen MR) is 163 cm³/mol. The molecule has 1 saturated heterocycles. The van der Waals surface area contributed by atoms with Crippen molar-refractivity contribution in [2.75, 3.05) is 36.5 Å². The van der Waals surface area contributed by atoms with Crippen molar-refractivity contribution in [3.05, 3.63) is 45.4 Å². The maximum absolute atomic E-state index is 6.98. The summed E-state index contributed by atoms with van der Waals surface area (Å²) < 4.78 is 7.86. The van der Waals surface area contributed by atoms with Gasteiger partial charge in [0.2, 0.25) is 0 Å². The monoisotopic (exact) mass is 574 g/mol. The minimum Gasteiger partial charge on any atom is -0.381 e. The van der Waals surface area contributed by atoms with Crippen LogP contribution in [0.25, 0.3) is 22.3 Å².